The lowest BCUT2D eigenvalue weighted by Crippen LogP contribution is -2.18. The lowest BCUT2D eigenvalue weighted by atomic mass is 10.1. The van der Waals surface area contributed by atoms with Gasteiger partial charge in [-0.3, -0.25) is 14.9 Å². The van der Waals surface area contributed by atoms with Crippen LogP contribution in [0.2, 0.25) is 5.02 Å². The van der Waals surface area contributed by atoms with Crippen LogP contribution in [0.1, 0.15) is 17.3 Å². The number of carboxylic acids is 1. The summed E-state index contributed by atoms with van der Waals surface area (Å²) in [5, 5.41) is 20.2. The Morgan fingerprint density at radius 3 is 2.68 bits per heavy atom. The molecule has 9 heteroatoms. The van der Waals surface area contributed by atoms with Gasteiger partial charge in [0.15, 0.2) is 0 Å². The monoisotopic (exact) mass is 362 g/mol. The van der Waals surface area contributed by atoms with Crippen molar-refractivity contribution in [1.29, 1.82) is 0 Å². The summed E-state index contributed by atoms with van der Waals surface area (Å²) in [6.45, 7) is 2.21. The molecule has 0 spiro atoms. The first-order chi connectivity index (χ1) is 11.8. The Balaban J connectivity index is 2.31. The molecule has 3 aromatic rings. The average Bonchev–Trinajstić information content (AvgIpc) is 3.05. The Labute approximate surface area is 145 Å². The molecule has 0 bridgehead atoms. The summed E-state index contributed by atoms with van der Waals surface area (Å²) in [6.07, 6.45) is 1.26. The number of furan rings is 1. The predicted octanol–water partition coefficient (Wildman–Crippen LogP) is 3.54. The van der Waals surface area contributed by atoms with Crippen LogP contribution in [-0.4, -0.2) is 20.6 Å². The van der Waals surface area contributed by atoms with Gasteiger partial charge in [-0.2, -0.15) is 0 Å². The summed E-state index contributed by atoms with van der Waals surface area (Å²) < 4.78 is 6.76. The number of fused-ring (bicyclic) bond motifs is 1. The van der Waals surface area contributed by atoms with Crippen molar-refractivity contribution >= 4 is 34.4 Å². The first-order valence-corrected chi connectivity index (χ1v) is 7.56. The van der Waals surface area contributed by atoms with Crippen LogP contribution in [0.15, 0.2) is 39.7 Å². The molecule has 0 radical (unpaired) electrons. The number of nitrogens with zero attached hydrogens (tertiary/aromatic N) is 2. The van der Waals surface area contributed by atoms with Gasteiger partial charge in [0.05, 0.1) is 16.6 Å². The van der Waals surface area contributed by atoms with Crippen molar-refractivity contribution in [3.05, 3.63) is 61.4 Å². The number of benzene rings is 1. The number of rotatable bonds is 4. The van der Waals surface area contributed by atoms with Crippen LogP contribution in [0.4, 0.5) is 5.88 Å². The van der Waals surface area contributed by atoms with Gasteiger partial charge in [-0.25, -0.2) is 4.79 Å². The molecule has 0 aliphatic rings. The number of pyridine rings is 1. The van der Waals surface area contributed by atoms with E-state index in [4.69, 9.17) is 16.0 Å². The Hall–Kier alpha value is -3.13. The molecule has 3 rings (SSSR count). The largest absolute Gasteiger partial charge is 0.477 e. The van der Waals surface area contributed by atoms with Crippen molar-refractivity contribution in [2.24, 2.45) is 0 Å². The molecule has 0 fully saturated rings. The standard InChI is InChI=1S/C16H11ClN2O6/c1-2-18-7-10(16(21)22)15(20)9-5-11(17)8(6-12(9)18)13-3-4-14(25-13)19(23)24/h3-7H,2H2,1H3,(H,21,22). The van der Waals surface area contributed by atoms with E-state index >= 15 is 0 Å². The van der Waals surface area contributed by atoms with Crippen LogP contribution in [-0.2, 0) is 6.54 Å². The first-order valence-electron chi connectivity index (χ1n) is 7.18. The highest BCUT2D eigenvalue weighted by Gasteiger charge is 2.19. The minimum atomic E-state index is -1.32. The number of carboxylic acid groups (broad SMARTS) is 1. The number of aromatic nitrogens is 1. The summed E-state index contributed by atoms with van der Waals surface area (Å²) in [6, 6.07) is 5.51. The topological polar surface area (TPSA) is 116 Å². The fraction of sp³-hybridized carbons (Fsp3) is 0.125. The molecule has 0 aliphatic heterocycles. The van der Waals surface area contributed by atoms with Gasteiger partial charge in [0.2, 0.25) is 5.43 Å². The van der Waals surface area contributed by atoms with E-state index in [1.165, 1.54) is 24.4 Å². The van der Waals surface area contributed by atoms with Crippen molar-refractivity contribution in [2.45, 2.75) is 13.5 Å². The third-order valence-electron chi connectivity index (χ3n) is 3.78. The van der Waals surface area contributed by atoms with Crippen LogP contribution < -0.4 is 5.43 Å². The number of carbonyl (C=O) groups is 1. The van der Waals surface area contributed by atoms with Crippen molar-refractivity contribution in [2.75, 3.05) is 0 Å². The van der Waals surface area contributed by atoms with Gasteiger partial charge < -0.3 is 14.1 Å². The van der Waals surface area contributed by atoms with Crippen LogP contribution in [0.3, 0.4) is 0 Å². The summed E-state index contributed by atoms with van der Waals surface area (Å²) in [4.78, 5) is 33.7. The molecule has 0 aliphatic carbocycles. The molecule has 0 saturated carbocycles. The van der Waals surface area contributed by atoms with Crippen LogP contribution in [0, 0.1) is 10.1 Å². The number of hydrogen-bond acceptors (Lipinski definition) is 5. The van der Waals surface area contributed by atoms with E-state index in [2.05, 4.69) is 0 Å². The minimum absolute atomic E-state index is 0.124. The Bertz CT molecular complexity index is 1080. The Morgan fingerprint density at radius 2 is 2.12 bits per heavy atom. The number of nitro groups is 1. The number of halogens is 1. The van der Waals surface area contributed by atoms with Gasteiger partial charge in [0.1, 0.15) is 16.2 Å². The van der Waals surface area contributed by atoms with E-state index in [-0.39, 0.29) is 21.7 Å². The minimum Gasteiger partial charge on any atom is -0.477 e. The zero-order chi connectivity index (χ0) is 18.3. The highest BCUT2D eigenvalue weighted by Crippen LogP contribution is 2.34. The molecule has 1 aromatic carbocycles. The Morgan fingerprint density at radius 1 is 1.40 bits per heavy atom. The van der Waals surface area contributed by atoms with Gasteiger partial charge >= 0.3 is 11.9 Å². The molecule has 128 valence electrons. The molecule has 8 nitrogen and oxygen atoms in total. The zero-order valence-electron chi connectivity index (χ0n) is 12.9. The summed E-state index contributed by atoms with van der Waals surface area (Å²) in [5.41, 5.74) is -0.180. The summed E-state index contributed by atoms with van der Waals surface area (Å²) in [7, 11) is 0. The van der Waals surface area contributed by atoms with E-state index in [9.17, 15) is 24.8 Å². The van der Waals surface area contributed by atoms with E-state index in [0.717, 1.165) is 0 Å². The maximum atomic E-state index is 12.4. The number of aromatic carboxylic acids is 1. The summed E-state index contributed by atoms with van der Waals surface area (Å²) >= 11 is 6.20. The van der Waals surface area contributed by atoms with Gasteiger partial charge in [0, 0.05) is 23.7 Å². The lowest BCUT2D eigenvalue weighted by Gasteiger charge is -2.12. The van der Waals surface area contributed by atoms with E-state index < -0.39 is 22.2 Å². The van der Waals surface area contributed by atoms with Crippen LogP contribution in [0.5, 0.6) is 0 Å². The second-order valence-corrected chi connectivity index (χ2v) is 5.61. The highest BCUT2D eigenvalue weighted by molar-refractivity contribution is 6.34. The predicted molar refractivity (Wildman–Crippen MR) is 90.2 cm³/mol. The third-order valence-corrected chi connectivity index (χ3v) is 4.09. The maximum absolute atomic E-state index is 12.4. The fourth-order valence-electron chi connectivity index (χ4n) is 2.58. The van der Waals surface area contributed by atoms with Crippen molar-refractivity contribution in [3.8, 4) is 11.3 Å². The normalized spacial score (nSPS) is 11.0. The third kappa shape index (κ3) is 2.76. The van der Waals surface area contributed by atoms with Crippen LogP contribution in [0.25, 0.3) is 22.2 Å². The van der Waals surface area contributed by atoms with Crippen molar-refractivity contribution < 1.29 is 19.2 Å². The maximum Gasteiger partial charge on any atom is 0.433 e. The average molecular weight is 363 g/mol. The molecule has 2 aromatic heterocycles. The molecule has 0 atom stereocenters. The smallest absolute Gasteiger partial charge is 0.433 e. The second kappa shape index (κ2) is 6.06. The zero-order valence-corrected chi connectivity index (χ0v) is 13.6. The lowest BCUT2D eigenvalue weighted by molar-refractivity contribution is -0.401. The number of hydrogen-bond donors (Lipinski definition) is 1. The van der Waals surface area contributed by atoms with Gasteiger partial charge in [-0.05, 0) is 25.1 Å². The molecule has 2 heterocycles. The molecule has 1 N–H and O–H groups in total. The summed E-state index contributed by atoms with van der Waals surface area (Å²) in [5.74, 6) is -1.58. The van der Waals surface area contributed by atoms with E-state index in [0.29, 0.717) is 17.6 Å². The molecule has 25 heavy (non-hydrogen) atoms. The fourth-order valence-corrected chi connectivity index (χ4v) is 2.84. The van der Waals surface area contributed by atoms with E-state index in [1.54, 1.807) is 17.6 Å². The van der Waals surface area contributed by atoms with Gasteiger partial charge in [-0.1, -0.05) is 11.6 Å². The van der Waals surface area contributed by atoms with Gasteiger partial charge in [0.25, 0.3) is 0 Å². The quantitative estimate of drug-likeness (QED) is 0.560. The van der Waals surface area contributed by atoms with Gasteiger partial charge in [-0.15, -0.1) is 0 Å². The van der Waals surface area contributed by atoms with Crippen molar-refractivity contribution in [1.82, 2.24) is 4.57 Å². The molecule has 0 amide bonds. The number of aryl methyl sites for hydroxylation is 1. The van der Waals surface area contributed by atoms with Crippen molar-refractivity contribution in [3.63, 3.8) is 0 Å². The molecular formula is C16H11ClN2O6. The van der Waals surface area contributed by atoms with E-state index in [1.807, 2.05) is 0 Å². The van der Waals surface area contributed by atoms with Crippen LogP contribution >= 0.6 is 11.6 Å². The highest BCUT2D eigenvalue weighted by atomic mass is 35.5. The first kappa shape index (κ1) is 16.7. The molecule has 0 saturated heterocycles. The Kier molecular flexibility index (Phi) is 4.05. The molecular weight excluding hydrogens is 352 g/mol. The SMILES string of the molecule is CCn1cc(C(=O)O)c(=O)c2cc(Cl)c(-c3ccc([N+](=O)[O-])o3)cc21. The second-order valence-electron chi connectivity index (χ2n) is 5.21. The molecule has 0 unspecified atom stereocenters.